The van der Waals surface area contributed by atoms with Gasteiger partial charge in [-0.2, -0.15) is 5.10 Å². The molecule has 1 N–H and O–H groups in total. The summed E-state index contributed by atoms with van der Waals surface area (Å²) in [6.45, 7) is 4.75. The van der Waals surface area contributed by atoms with Gasteiger partial charge in [-0.05, 0) is 50.6 Å². The first-order valence-corrected chi connectivity index (χ1v) is 9.68. The average molecular weight is 376 g/mol. The highest BCUT2D eigenvalue weighted by atomic mass is 16.2. The van der Waals surface area contributed by atoms with Gasteiger partial charge < -0.3 is 5.32 Å². The molecule has 2 aromatic carbocycles. The second kappa shape index (κ2) is 7.94. The Balaban J connectivity index is 1.53. The Hall–Kier alpha value is -2.99. The van der Waals surface area contributed by atoms with Crippen LogP contribution in [0.4, 0.5) is 5.69 Å². The maximum atomic E-state index is 12.7. The molecule has 2 heterocycles. The summed E-state index contributed by atoms with van der Waals surface area (Å²) in [5, 5.41) is 8.69. The maximum Gasteiger partial charge on any atom is 0.275 e. The van der Waals surface area contributed by atoms with Crippen molar-refractivity contribution in [2.75, 3.05) is 18.4 Å². The van der Waals surface area contributed by atoms with E-state index in [1.165, 1.54) is 17.5 Å². The topological polar surface area (TPSA) is 67.2 Å². The molecule has 1 aliphatic rings. The van der Waals surface area contributed by atoms with Gasteiger partial charge in [0.1, 0.15) is 6.54 Å². The molecular formula is C22H24N4O2. The van der Waals surface area contributed by atoms with Gasteiger partial charge in [0, 0.05) is 17.6 Å². The summed E-state index contributed by atoms with van der Waals surface area (Å²) >= 11 is 0. The third-order valence-corrected chi connectivity index (χ3v) is 5.23. The zero-order valence-electron chi connectivity index (χ0n) is 16.0. The predicted molar refractivity (Wildman–Crippen MR) is 110 cm³/mol. The molecule has 6 nitrogen and oxygen atoms in total. The molecule has 3 aromatic rings. The first kappa shape index (κ1) is 18.4. The second-order valence-electron chi connectivity index (χ2n) is 7.28. The van der Waals surface area contributed by atoms with E-state index in [9.17, 15) is 9.59 Å². The highest BCUT2D eigenvalue weighted by Gasteiger charge is 2.15. The summed E-state index contributed by atoms with van der Waals surface area (Å²) in [4.78, 5) is 27.7. The van der Waals surface area contributed by atoms with E-state index < -0.39 is 0 Å². The molecule has 6 heteroatoms. The third kappa shape index (κ3) is 3.82. The van der Waals surface area contributed by atoms with Crippen molar-refractivity contribution >= 4 is 22.4 Å². The van der Waals surface area contributed by atoms with Gasteiger partial charge in [0.2, 0.25) is 5.91 Å². The number of fused-ring (bicyclic) bond motifs is 1. The number of carbonyl (C=O) groups is 1. The van der Waals surface area contributed by atoms with Crippen LogP contribution in [0.2, 0.25) is 0 Å². The van der Waals surface area contributed by atoms with Gasteiger partial charge in [0.05, 0.1) is 11.1 Å². The Bertz CT molecular complexity index is 1070. The third-order valence-electron chi connectivity index (χ3n) is 5.23. The lowest BCUT2D eigenvalue weighted by Crippen LogP contribution is -2.30. The molecule has 1 amide bonds. The summed E-state index contributed by atoms with van der Waals surface area (Å²) in [6.07, 6.45) is 2.45. The number of hydrogen-bond donors (Lipinski definition) is 1. The molecule has 0 radical (unpaired) electrons. The lowest BCUT2D eigenvalue weighted by Gasteiger charge is -2.18. The molecule has 144 valence electrons. The van der Waals surface area contributed by atoms with Gasteiger partial charge in [0.25, 0.3) is 5.56 Å². The standard InChI is InChI=1S/C22H24N4O2/c1-16-18-9-3-4-10-19(18)22(28)26(24-16)15-21(27)23-20-11-5-2-8-17(20)14-25-12-6-7-13-25/h2-5,8-11H,6-7,12-15H2,1H3,(H,23,27). The van der Waals surface area contributed by atoms with Crippen LogP contribution in [0.15, 0.2) is 53.3 Å². The number of benzene rings is 2. The molecule has 28 heavy (non-hydrogen) atoms. The van der Waals surface area contributed by atoms with E-state index in [1.807, 2.05) is 49.4 Å². The SMILES string of the molecule is Cc1nn(CC(=O)Nc2ccccc2CN2CCCC2)c(=O)c2ccccc12. The lowest BCUT2D eigenvalue weighted by atomic mass is 10.1. The van der Waals surface area contributed by atoms with Crippen molar-refractivity contribution in [3.8, 4) is 0 Å². The second-order valence-corrected chi connectivity index (χ2v) is 7.28. The van der Waals surface area contributed by atoms with Gasteiger partial charge in [-0.15, -0.1) is 0 Å². The van der Waals surface area contributed by atoms with E-state index in [0.29, 0.717) is 5.39 Å². The molecule has 1 aromatic heterocycles. The first-order valence-electron chi connectivity index (χ1n) is 9.68. The summed E-state index contributed by atoms with van der Waals surface area (Å²) < 4.78 is 1.25. The number of anilines is 1. The molecule has 0 aliphatic carbocycles. The molecule has 0 bridgehead atoms. The number of amides is 1. The number of aryl methyl sites for hydroxylation is 1. The van der Waals surface area contributed by atoms with Crippen molar-refractivity contribution in [3.05, 3.63) is 70.1 Å². The molecule has 1 saturated heterocycles. The summed E-state index contributed by atoms with van der Waals surface area (Å²) in [5.74, 6) is -0.252. The van der Waals surface area contributed by atoms with E-state index in [1.54, 1.807) is 6.07 Å². The van der Waals surface area contributed by atoms with Gasteiger partial charge in [-0.25, -0.2) is 4.68 Å². The fourth-order valence-electron chi connectivity index (χ4n) is 3.80. The van der Waals surface area contributed by atoms with Gasteiger partial charge in [-0.1, -0.05) is 36.4 Å². The Morgan fingerprint density at radius 1 is 1.04 bits per heavy atom. The van der Waals surface area contributed by atoms with Crippen LogP contribution >= 0.6 is 0 Å². The van der Waals surface area contributed by atoms with Crippen LogP contribution in [0.3, 0.4) is 0 Å². The van der Waals surface area contributed by atoms with Crippen molar-refractivity contribution in [1.82, 2.24) is 14.7 Å². The monoisotopic (exact) mass is 376 g/mol. The van der Waals surface area contributed by atoms with Crippen molar-refractivity contribution in [2.45, 2.75) is 32.9 Å². The van der Waals surface area contributed by atoms with Gasteiger partial charge >= 0.3 is 0 Å². The summed E-state index contributed by atoms with van der Waals surface area (Å²) in [6, 6.07) is 15.2. The zero-order chi connectivity index (χ0) is 19.5. The van der Waals surface area contributed by atoms with E-state index in [2.05, 4.69) is 15.3 Å². The molecular weight excluding hydrogens is 352 g/mol. The van der Waals surface area contributed by atoms with Crippen LogP contribution < -0.4 is 10.9 Å². The van der Waals surface area contributed by atoms with E-state index in [0.717, 1.165) is 42.0 Å². The largest absolute Gasteiger partial charge is 0.324 e. The van der Waals surface area contributed by atoms with Crippen LogP contribution in [0.5, 0.6) is 0 Å². The molecule has 4 rings (SSSR count). The fraction of sp³-hybridized carbons (Fsp3) is 0.318. The number of rotatable bonds is 5. The maximum absolute atomic E-state index is 12.7. The Labute approximate surface area is 163 Å². The van der Waals surface area contributed by atoms with Crippen LogP contribution in [0, 0.1) is 6.92 Å². The van der Waals surface area contributed by atoms with Crippen LogP contribution in [-0.2, 0) is 17.9 Å². The lowest BCUT2D eigenvalue weighted by molar-refractivity contribution is -0.117. The average Bonchev–Trinajstić information content (AvgIpc) is 3.20. The van der Waals surface area contributed by atoms with Crippen molar-refractivity contribution < 1.29 is 4.79 Å². The minimum absolute atomic E-state index is 0.109. The molecule has 0 spiro atoms. The highest BCUT2D eigenvalue weighted by Crippen LogP contribution is 2.20. The van der Waals surface area contributed by atoms with Crippen LogP contribution in [-0.4, -0.2) is 33.7 Å². The molecule has 0 saturated carbocycles. The number of likely N-dealkylation sites (tertiary alicyclic amines) is 1. The summed E-state index contributed by atoms with van der Waals surface area (Å²) in [5.41, 5.74) is 2.37. The molecule has 0 unspecified atom stereocenters. The van der Waals surface area contributed by atoms with Crippen LogP contribution in [0.25, 0.3) is 10.8 Å². The van der Waals surface area contributed by atoms with Crippen LogP contribution in [0.1, 0.15) is 24.1 Å². The number of aromatic nitrogens is 2. The highest BCUT2D eigenvalue weighted by molar-refractivity contribution is 5.91. The molecule has 1 aliphatic heterocycles. The molecule has 0 atom stereocenters. The predicted octanol–water partition coefficient (Wildman–Crippen LogP) is 2.94. The number of nitrogens with zero attached hydrogens (tertiary/aromatic N) is 3. The first-order chi connectivity index (χ1) is 13.6. The minimum Gasteiger partial charge on any atom is -0.324 e. The smallest absolute Gasteiger partial charge is 0.275 e. The number of carbonyl (C=O) groups excluding carboxylic acids is 1. The van der Waals surface area contributed by atoms with E-state index in [4.69, 9.17) is 0 Å². The minimum atomic E-state index is -0.252. The Morgan fingerprint density at radius 3 is 2.50 bits per heavy atom. The summed E-state index contributed by atoms with van der Waals surface area (Å²) in [7, 11) is 0. The number of nitrogens with one attached hydrogen (secondary N) is 1. The van der Waals surface area contributed by atoms with Crippen molar-refractivity contribution in [1.29, 1.82) is 0 Å². The van der Waals surface area contributed by atoms with Gasteiger partial charge in [-0.3, -0.25) is 14.5 Å². The Kier molecular flexibility index (Phi) is 5.21. The normalized spacial score (nSPS) is 14.5. The quantitative estimate of drug-likeness (QED) is 0.743. The fourth-order valence-corrected chi connectivity index (χ4v) is 3.80. The zero-order valence-corrected chi connectivity index (χ0v) is 16.0. The Morgan fingerprint density at radius 2 is 1.71 bits per heavy atom. The van der Waals surface area contributed by atoms with Crippen molar-refractivity contribution in [2.24, 2.45) is 0 Å². The number of para-hydroxylation sites is 1. The van der Waals surface area contributed by atoms with Crippen molar-refractivity contribution in [3.63, 3.8) is 0 Å². The number of hydrogen-bond acceptors (Lipinski definition) is 4. The van der Waals surface area contributed by atoms with E-state index in [-0.39, 0.29) is 18.0 Å². The van der Waals surface area contributed by atoms with E-state index >= 15 is 0 Å². The van der Waals surface area contributed by atoms with Gasteiger partial charge in [0.15, 0.2) is 0 Å². The molecule has 1 fully saturated rings.